The number of benzene rings is 3. The molecule has 2 aliphatic heterocycles. The predicted molar refractivity (Wildman–Crippen MR) is 177 cm³/mol. The highest BCUT2D eigenvalue weighted by atomic mass is 35.5. The molecule has 7 rings (SSSR count). The number of fused-ring (bicyclic) bond motifs is 2. The quantitative estimate of drug-likeness (QED) is 0.159. The van der Waals surface area contributed by atoms with E-state index >= 15 is 17.6 Å². The minimum atomic E-state index is -1.65. The summed E-state index contributed by atoms with van der Waals surface area (Å²) in [7, 11) is 3.82. The van der Waals surface area contributed by atoms with Crippen LogP contribution in [0.2, 0.25) is 5.02 Å². The highest BCUT2D eigenvalue weighted by Gasteiger charge is 2.35. The number of anilines is 1. The fraction of sp³-hybridized carbons (Fsp3) is 0.361. The topological polar surface area (TPSA) is 99.9 Å². The Hall–Kier alpha value is -4.46. The molecule has 3 aliphatic rings. The van der Waals surface area contributed by atoms with Gasteiger partial charge >= 0.3 is 5.97 Å². The van der Waals surface area contributed by atoms with Gasteiger partial charge in [-0.25, -0.2) is 13.8 Å². The molecule has 50 heavy (non-hydrogen) atoms. The molecule has 14 heteroatoms. The van der Waals surface area contributed by atoms with Gasteiger partial charge in [0.2, 0.25) is 11.6 Å². The van der Waals surface area contributed by atoms with Crippen molar-refractivity contribution in [2.24, 2.45) is 13.0 Å². The van der Waals surface area contributed by atoms with Gasteiger partial charge in [0.15, 0.2) is 23.2 Å². The van der Waals surface area contributed by atoms with E-state index in [1.54, 1.807) is 34.9 Å². The zero-order chi connectivity index (χ0) is 35.4. The standard InChI is InChI=1S/C36H34ClF4N5O4/c1-44-13-12-26-25(17-44)42-34(45(26)2)35(47)43-24-8-4-7-22(28(24)37)19-5-3-6-21-20(19)9-10-27(21)50-33-31(40)29(38)23(30(39)32(33)41)16-46-14-11-18(15-46)36(48)49/h3-8,18,27H,9-17H2,1-2H3,(H,43,47)(H,48,49). The monoisotopic (exact) mass is 711 g/mol. The summed E-state index contributed by atoms with van der Waals surface area (Å²) in [6.07, 6.45) is 0.828. The van der Waals surface area contributed by atoms with Crippen molar-refractivity contribution in [3.05, 3.63) is 98.6 Å². The molecule has 1 aliphatic carbocycles. The third-order valence-corrected chi connectivity index (χ3v) is 10.4. The second kappa shape index (κ2) is 13.3. The molecule has 1 aromatic heterocycles. The summed E-state index contributed by atoms with van der Waals surface area (Å²) >= 11 is 6.88. The van der Waals surface area contributed by atoms with Gasteiger partial charge in [-0.05, 0) is 55.6 Å². The Morgan fingerprint density at radius 3 is 2.42 bits per heavy atom. The number of likely N-dealkylation sites (tertiary alicyclic amines) is 1. The molecule has 2 unspecified atom stereocenters. The molecule has 1 fully saturated rings. The van der Waals surface area contributed by atoms with Crippen LogP contribution in [-0.2, 0) is 37.8 Å². The van der Waals surface area contributed by atoms with Crippen LogP contribution < -0.4 is 10.1 Å². The van der Waals surface area contributed by atoms with Gasteiger partial charge in [0.05, 0.1) is 22.3 Å². The molecule has 1 amide bonds. The van der Waals surface area contributed by atoms with Crippen LogP contribution in [0.4, 0.5) is 23.2 Å². The van der Waals surface area contributed by atoms with Crippen molar-refractivity contribution >= 4 is 29.2 Å². The third-order valence-electron chi connectivity index (χ3n) is 9.98. The number of likely N-dealkylation sites (N-methyl/N-ethyl adjacent to an activating group) is 1. The minimum Gasteiger partial charge on any atom is -0.481 e. The summed E-state index contributed by atoms with van der Waals surface area (Å²) in [5.74, 6) is -9.49. The number of amides is 1. The van der Waals surface area contributed by atoms with Crippen molar-refractivity contribution in [3.8, 4) is 16.9 Å². The van der Waals surface area contributed by atoms with Crippen LogP contribution >= 0.6 is 11.6 Å². The first-order valence-electron chi connectivity index (χ1n) is 16.3. The number of aliphatic carboxylic acids is 1. The molecule has 0 spiro atoms. The zero-order valence-corrected chi connectivity index (χ0v) is 28.1. The van der Waals surface area contributed by atoms with Crippen molar-refractivity contribution in [1.29, 1.82) is 0 Å². The van der Waals surface area contributed by atoms with Crippen LogP contribution in [0.5, 0.6) is 5.75 Å². The average Bonchev–Trinajstić information content (AvgIpc) is 3.82. The number of nitrogens with one attached hydrogen (secondary N) is 1. The summed E-state index contributed by atoms with van der Waals surface area (Å²) in [4.78, 5) is 32.8. The number of nitrogens with zero attached hydrogens (tertiary/aromatic N) is 4. The van der Waals surface area contributed by atoms with Gasteiger partial charge in [-0.15, -0.1) is 0 Å². The second-order valence-electron chi connectivity index (χ2n) is 13.1. The molecule has 4 aromatic rings. The SMILES string of the molecule is CN1CCc2c(nc(C(=O)Nc3cccc(-c4cccc5c4CCC5Oc4c(F)c(F)c(CN5CCC(C(=O)O)C5)c(F)c4F)c3Cl)n2C)C1. The number of hydrogen-bond donors (Lipinski definition) is 2. The number of aromatic nitrogens is 2. The Labute approximate surface area is 290 Å². The predicted octanol–water partition coefficient (Wildman–Crippen LogP) is 6.51. The van der Waals surface area contributed by atoms with E-state index in [9.17, 15) is 14.7 Å². The van der Waals surface area contributed by atoms with Crippen LogP contribution in [0.15, 0.2) is 36.4 Å². The lowest BCUT2D eigenvalue weighted by Crippen LogP contribution is -2.27. The largest absolute Gasteiger partial charge is 0.481 e. The Morgan fingerprint density at radius 1 is 0.980 bits per heavy atom. The van der Waals surface area contributed by atoms with Crippen molar-refractivity contribution in [3.63, 3.8) is 0 Å². The van der Waals surface area contributed by atoms with Gasteiger partial charge < -0.3 is 24.6 Å². The normalized spacial score (nSPS) is 19.0. The summed E-state index contributed by atoms with van der Waals surface area (Å²) in [6, 6.07) is 10.5. The number of carboxylic acid groups (broad SMARTS) is 1. The first-order chi connectivity index (χ1) is 23.9. The second-order valence-corrected chi connectivity index (χ2v) is 13.5. The van der Waals surface area contributed by atoms with Gasteiger partial charge in [-0.3, -0.25) is 14.5 Å². The number of carbonyl (C=O) groups excluding carboxylic acids is 1. The van der Waals surface area contributed by atoms with E-state index in [4.69, 9.17) is 16.3 Å². The van der Waals surface area contributed by atoms with Crippen molar-refractivity contribution in [2.45, 2.75) is 44.9 Å². The maximum absolute atomic E-state index is 15.3. The Kier molecular flexibility index (Phi) is 9.08. The average molecular weight is 712 g/mol. The highest BCUT2D eigenvalue weighted by molar-refractivity contribution is 6.36. The fourth-order valence-corrected chi connectivity index (χ4v) is 7.59. The number of ether oxygens (including phenoxy) is 1. The summed E-state index contributed by atoms with van der Waals surface area (Å²) in [5.41, 5.74) is 4.12. The number of carbonyl (C=O) groups is 2. The van der Waals surface area contributed by atoms with Crippen LogP contribution in [-0.4, -0.2) is 63.0 Å². The van der Waals surface area contributed by atoms with Crippen LogP contribution in [0.25, 0.3) is 11.1 Å². The van der Waals surface area contributed by atoms with E-state index in [1.165, 1.54) is 4.90 Å². The maximum atomic E-state index is 15.3. The molecule has 9 nitrogen and oxygen atoms in total. The van der Waals surface area contributed by atoms with Crippen LogP contribution in [0, 0.1) is 29.2 Å². The van der Waals surface area contributed by atoms with E-state index < -0.39 is 65.0 Å². The molecule has 262 valence electrons. The lowest BCUT2D eigenvalue weighted by molar-refractivity contribution is -0.141. The molecular formula is C36H34ClF4N5O4. The fourth-order valence-electron chi connectivity index (χ4n) is 7.31. The Bertz CT molecular complexity index is 2010. The van der Waals surface area contributed by atoms with E-state index in [1.807, 2.05) is 20.2 Å². The number of hydrogen-bond acceptors (Lipinski definition) is 6. The number of rotatable bonds is 8. The molecular weight excluding hydrogens is 678 g/mol. The Morgan fingerprint density at radius 2 is 1.70 bits per heavy atom. The lowest BCUT2D eigenvalue weighted by atomic mass is 9.96. The summed E-state index contributed by atoms with van der Waals surface area (Å²) in [6.45, 7) is 1.28. The molecule has 2 atom stereocenters. The molecule has 2 N–H and O–H groups in total. The first-order valence-corrected chi connectivity index (χ1v) is 16.7. The number of carboxylic acids is 1. The van der Waals surface area contributed by atoms with Crippen molar-refractivity contribution < 1.29 is 37.0 Å². The number of imidazole rings is 1. The van der Waals surface area contributed by atoms with Gasteiger partial charge in [0.1, 0.15) is 6.10 Å². The number of halogens is 5. The molecule has 3 heterocycles. The minimum absolute atomic E-state index is 0.0139. The van der Waals surface area contributed by atoms with Gasteiger partial charge in [0.25, 0.3) is 5.91 Å². The highest BCUT2D eigenvalue weighted by Crippen LogP contribution is 2.44. The van der Waals surface area contributed by atoms with Crippen molar-refractivity contribution in [2.75, 3.05) is 32.0 Å². The molecule has 1 saturated heterocycles. The van der Waals surface area contributed by atoms with E-state index in [-0.39, 0.29) is 36.8 Å². The summed E-state index contributed by atoms with van der Waals surface area (Å²) in [5, 5.41) is 12.4. The summed E-state index contributed by atoms with van der Waals surface area (Å²) < 4.78 is 68.5. The third kappa shape index (κ3) is 6.01. The maximum Gasteiger partial charge on any atom is 0.307 e. The van der Waals surface area contributed by atoms with Crippen LogP contribution in [0.3, 0.4) is 0 Å². The van der Waals surface area contributed by atoms with E-state index in [2.05, 4.69) is 15.2 Å². The molecule has 3 aromatic carbocycles. The molecule has 0 bridgehead atoms. The first kappa shape index (κ1) is 34.0. The molecule has 0 saturated carbocycles. The van der Waals surface area contributed by atoms with Gasteiger partial charge in [0, 0.05) is 56.5 Å². The van der Waals surface area contributed by atoms with Crippen LogP contribution in [0.1, 0.15) is 57.6 Å². The lowest BCUT2D eigenvalue weighted by Gasteiger charge is -2.21. The Balaban J connectivity index is 1.12. The van der Waals surface area contributed by atoms with E-state index in [0.717, 1.165) is 29.9 Å². The van der Waals surface area contributed by atoms with E-state index in [0.29, 0.717) is 35.3 Å². The zero-order valence-electron chi connectivity index (χ0n) is 27.3. The van der Waals surface area contributed by atoms with Gasteiger partial charge in [-0.2, -0.15) is 8.78 Å². The smallest absolute Gasteiger partial charge is 0.307 e. The molecule has 0 radical (unpaired) electrons. The van der Waals surface area contributed by atoms with Crippen molar-refractivity contribution in [1.82, 2.24) is 19.4 Å². The van der Waals surface area contributed by atoms with Gasteiger partial charge in [-0.1, -0.05) is 41.9 Å².